The molecular formula is C16H17N. The number of fused-ring (bicyclic) bond motifs is 1. The van der Waals surface area contributed by atoms with Crippen molar-refractivity contribution >= 4 is 5.69 Å². The molecule has 0 aliphatic carbocycles. The van der Waals surface area contributed by atoms with Gasteiger partial charge >= 0.3 is 0 Å². The highest BCUT2D eigenvalue weighted by Gasteiger charge is 2.16. The molecule has 1 aliphatic heterocycles. The summed E-state index contributed by atoms with van der Waals surface area (Å²) in [6.07, 6.45) is 2.40. The van der Waals surface area contributed by atoms with Crippen LogP contribution in [0.25, 0.3) is 0 Å². The minimum absolute atomic E-state index is 0.628. The van der Waals surface area contributed by atoms with Crippen LogP contribution < -0.4 is 5.32 Å². The van der Waals surface area contributed by atoms with Gasteiger partial charge in [0.05, 0.1) is 0 Å². The van der Waals surface area contributed by atoms with Gasteiger partial charge in [-0.1, -0.05) is 48.5 Å². The quantitative estimate of drug-likeness (QED) is 0.774. The molecule has 17 heavy (non-hydrogen) atoms. The molecule has 0 saturated heterocycles. The molecule has 1 aliphatic rings. The van der Waals surface area contributed by atoms with Crippen LogP contribution >= 0.6 is 0 Å². The Balaban J connectivity index is 1.82. The minimum atomic E-state index is 0.628. The summed E-state index contributed by atoms with van der Waals surface area (Å²) in [5.41, 5.74) is 4.21. The van der Waals surface area contributed by atoms with E-state index in [0.29, 0.717) is 5.92 Å². The summed E-state index contributed by atoms with van der Waals surface area (Å²) >= 11 is 0. The molecule has 1 heterocycles. The maximum atomic E-state index is 3.57. The van der Waals surface area contributed by atoms with Gasteiger partial charge in [0.2, 0.25) is 0 Å². The lowest BCUT2D eigenvalue weighted by Gasteiger charge is -2.14. The molecule has 0 spiro atoms. The first-order valence-electron chi connectivity index (χ1n) is 6.30. The maximum Gasteiger partial charge on any atom is 0.0372 e. The number of aryl methyl sites for hydroxylation is 1. The molecule has 3 rings (SSSR count). The number of hydrogen-bond acceptors (Lipinski definition) is 1. The fourth-order valence-corrected chi connectivity index (χ4v) is 2.59. The Labute approximate surface area is 102 Å². The fraction of sp³-hybridized carbons (Fsp3) is 0.250. The van der Waals surface area contributed by atoms with E-state index in [0.717, 1.165) is 6.54 Å². The molecule has 1 nitrogen and oxygen atoms in total. The van der Waals surface area contributed by atoms with E-state index in [2.05, 4.69) is 59.9 Å². The van der Waals surface area contributed by atoms with Crippen molar-refractivity contribution in [2.45, 2.75) is 18.8 Å². The SMILES string of the molecule is c1ccc([C@H]2CCc3ccccc3NC2)cc1. The summed E-state index contributed by atoms with van der Waals surface area (Å²) in [7, 11) is 0. The van der Waals surface area contributed by atoms with Crippen LogP contribution in [0.3, 0.4) is 0 Å². The van der Waals surface area contributed by atoms with Crippen molar-refractivity contribution in [3.63, 3.8) is 0 Å². The molecule has 0 radical (unpaired) electrons. The van der Waals surface area contributed by atoms with Crippen molar-refractivity contribution in [1.29, 1.82) is 0 Å². The Morgan fingerprint density at radius 2 is 1.65 bits per heavy atom. The van der Waals surface area contributed by atoms with Crippen molar-refractivity contribution in [3.05, 3.63) is 65.7 Å². The van der Waals surface area contributed by atoms with Gasteiger partial charge in [-0.3, -0.25) is 0 Å². The zero-order chi connectivity index (χ0) is 11.5. The topological polar surface area (TPSA) is 12.0 Å². The number of nitrogens with one attached hydrogen (secondary N) is 1. The van der Waals surface area contributed by atoms with E-state index in [4.69, 9.17) is 0 Å². The number of anilines is 1. The highest BCUT2D eigenvalue weighted by molar-refractivity contribution is 5.52. The summed E-state index contributed by atoms with van der Waals surface area (Å²) in [4.78, 5) is 0. The van der Waals surface area contributed by atoms with Crippen LogP contribution in [0.4, 0.5) is 5.69 Å². The molecule has 0 amide bonds. The number of para-hydroxylation sites is 1. The van der Waals surface area contributed by atoms with E-state index in [1.54, 1.807) is 0 Å². The number of hydrogen-bond donors (Lipinski definition) is 1. The molecule has 86 valence electrons. The predicted molar refractivity (Wildman–Crippen MR) is 72.4 cm³/mol. The largest absolute Gasteiger partial charge is 0.384 e. The van der Waals surface area contributed by atoms with Crippen molar-refractivity contribution in [2.75, 3.05) is 11.9 Å². The third-order valence-corrected chi connectivity index (χ3v) is 3.59. The molecule has 0 saturated carbocycles. The molecule has 0 aromatic heterocycles. The number of rotatable bonds is 1. The lowest BCUT2D eigenvalue weighted by molar-refractivity contribution is 0.665. The lowest BCUT2D eigenvalue weighted by Crippen LogP contribution is -2.10. The molecule has 1 heteroatoms. The van der Waals surface area contributed by atoms with E-state index in [1.165, 1.54) is 29.7 Å². The van der Waals surface area contributed by atoms with E-state index in [1.807, 2.05) is 0 Å². The summed E-state index contributed by atoms with van der Waals surface area (Å²) in [6, 6.07) is 19.5. The van der Waals surface area contributed by atoms with Gasteiger partial charge in [0.1, 0.15) is 0 Å². The Morgan fingerprint density at radius 1 is 0.882 bits per heavy atom. The second-order valence-electron chi connectivity index (χ2n) is 4.68. The summed E-state index contributed by atoms with van der Waals surface area (Å²) < 4.78 is 0. The Kier molecular flexibility index (Phi) is 2.83. The second kappa shape index (κ2) is 4.62. The van der Waals surface area contributed by atoms with Crippen LogP contribution in [-0.2, 0) is 6.42 Å². The van der Waals surface area contributed by atoms with E-state index in [9.17, 15) is 0 Å². The van der Waals surface area contributed by atoms with Crippen molar-refractivity contribution < 1.29 is 0 Å². The van der Waals surface area contributed by atoms with Crippen LogP contribution in [0.15, 0.2) is 54.6 Å². The summed E-state index contributed by atoms with van der Waals surface area (Å²) in [5, 5.41) is 3.57. The van der Waals surface area contributed by atoms with Gasteiger partial charge < -0.3 is 5.32 Å². The van der Waals surface area contributed by atoms with Gasteiger partial charge in [0.25, 0.3) is 0 Å². The van der Waals surface area contributed by atoms with E-state index in [-0.39, 0.29) is 0 Å². The van der Waals surface area contributed by atoms with Gasteiger partial charge in [0, 0.05) is 18.2 Å². The van der Waals surface area contributed by atoms with Crippen LogP contribution in [0.1, 0.15) is 23.5 Å². The van der Waals surface area contributed by atoms with Crippen LogP contribution in [0.5, 0.6) is 0 Å². The fourth-order valence-electron chi connectivity index (χ4n) is 2.59. The summed E-state index contributed by atoms with van der Waals surface area (Å²) in [6.45, 7) is 1.04. The van der Waals surface area contributed by atoms with Crippen LogP contribution in [0, 0.1) is 0 Å². The molecule has 0 bridgehead atoms. The average molecular weight is 223 g/mol. The summed E-state index contributed by atoms with van der Waals surface area (Å²) in [5.74, 6) is 0.628. The minimum Gasteiger partial charge on any atom is -0.384 e. The van der Waals surface area contributed by atoms with Gasteiger partial charge in [0.15, 0.2) is 0 Å². The average Bonchev–Trinajstić information content (AvgIpc) is 2.62. The molecule has 0 unspecified atom stereocenters. The maximum absolute atomic E-state index is 3.57. The monoisotopic (exact) mass is 223 g/mol. The molecule has 2 aromatic rings. The number of benzene rings is 2. The first-order valence-corrected chi connectivity index (χ1v) is 6.30. The highest BCUT2D eigenvalue weighted by Crippen LogP contribution is 2.28. The van der Waals surface area contributed by atoms with E-state index >= 15 is 0 Å². The van der Waals surface area contributed by atoms with Gasteiger partial charge in [-0.2, -0.15) is 0 Å². The predicted octanol–water partition coefficient (Wildman–Crippen LogP) is 3.83. The molecule has 2 aromatic carbocycles. The molecular weight excluding hydrogens is 206 g/mol. The first-order chi connectivity index (χ1) is 8.43. The molecule has 1 N–H and O–H groups in total. The Morgan fingerprint density at radius 3 is 2.53 bits per heavy atom. The van der Waals surface area contributed by atoms with E-state index < -0.39 is 0 Å². The lowest BCUT2D eigenvalue weighted by atomic mass is 9.94. The Bertz CT molecular complexity index is 463. The third-order valence-electron chi connectivity index (χ3n) is 3.59. The van der Waals surface area contributed by atoms with Gasteiger partial charge in [-0.05, 0) is 30.0 Å². The zero-order valence-corrected chi connectivity index (χ0v) is 9.89. The second-order valence-corrected chi connectivity index (χ2v) is 4.68. The van der Waals surface area contributed by atoms with Crippen LogP contribution in [-0.4, -0.2) is 6.54 Å². The zero-order valence-electron chi connectivity index (χ0n) is 9.89. The highest BCUT2D eigenvalue weighted by atomic mass is 14.9. The molecule has 0 fully saturated rings. The van der Waals surface area contributed by atoms with Crippen molar-refractivity contribution in [1.82, 2.24) is 0 Å². The normalized spacial score (nSPS) is 18.9. The van der Waals surface area contributed by atoms with Crippen LogP contribution in [0.2, 0.25) is 0 Å². The Hall–Kier alpha value is -1.76. The third kappa shape index (κ3) is 2.19. The van der Waals surface area contributed by atoms with Gasteiger partial charge in [-0.15, -0.1) is 0 Å². The molecule has 1 atom stereocenters. The van der Waals surface area contributed by atoms with Crippen molar-refractivity contribution in [3.8, 4) is 0 Å². The van der Waals surface area contributed by atoms with Crippen molar-refractivity contribution in [2.24, 2.45) is 0 Å². The smallest absolute Gasteiger partial charge is 0.0372 e. The first kappa shape index (κ1) is 10.4. The van der Waals surface area contributed by atoms with Gasteiger partial charge in [-0.25, -0.2) is 0 Å². The standard InChI is InChI=1S/C16H17N/c1-2-6-13(7-3-1)15-11-10-14-8-4-5-9-16(14)17-12-15/h1-9,15,17H,10-12H2/t15-/m0/s1.